The van der Waals surface area contributed by atoms with Crippen molar-refractivity contribution < 1.29 is 9.53 Å². The molecule has 1 fully saturated rings. The minimum Gasteiger partial charge on any atom is -0.370 e. The van der Waals surface area contributed by atoms with Gasteiger partial charge in [-0.25, -0.2) is 0 Å². The van der Waals surface area contributed by atoms with E-state index in [1.54, 1.807) is 7.11 Å². The van der Waals surface area contributed by atoms with E-state index in [0.29, 0.717) is 12.2 Å². The van der Waals surface area contributed by atoms with Crippen molar-refractivity contribution in [3.05, 3.63) is 0 Å². The number of hydrogen-bond acceptors (Lipinski definition) is 3. The lowest BCUT2D eigenvalue weighted by atomic mass is 9.85. The number of rotatable bonds is 6. The molecule has 3 nitrogen and oxygen atoms in total. The van der Waals surface area contributed by atoms with Gasteiger partial charge in [-0.1, -0.05) is 13.8 Å². The summed E-state index contributed by atoms with van der Waals surface area (Å²) in [5.74, 6) is 0.300. The summed E-state index contributed by atoms with van der Waals surface area (Å²) in [6.45, 7) is 7.38. The summed E-state index contributed by atoms with van der Waals surface area (Å²) in [5.41, 5.74) is -0.472. The predicted molar refractivity (Wildman–Crippen MR) is 65.6 cm³/mol. The second-order valence-electron chi connectivity index (χ2n) is 4.71. The maximum absolute atomic E-state index is 12.1. The standard InChI is InChI=1S/C13H25NO2/c1-4-6-12(15)13(16-3)7-10-14(9-5-2)11-8-13/h4-11H2,1-3H3. The number of nitrogens with zero attached hydrogens (tertiary/aromatic N) is 1. The molecule has 0 saturated carbocycles. The zero-order chi connectivity index (χ0) is 12.0. The van der Waals surface area contributed by atoms with Gasteiger partial charge in [0.2, 0.25) is 0 Å². The van der Waals surface area contributed by atoms with Gasteiger partial charge in [-0.05, 0) is 32.2 Å². The number of carbonyl (C=O) groups excluding carboxylic acids is 1. The molecule has 0 radical (unpaired) electrons. The highest BCUT2D eigenvalue weighted by Gasteiger charge is 2.40. The van der Waals surface area contributed by atoms with Crippen LogP contribution in [0.1, 0.15) is 46.0 Å². The molecule has 0 aromatic rings. The van der Waals surface area contributed by atoms with Crippen LogP contribution in [0.25, 0.3) is 0 Å². The van der Waals surface area contributed by atoms with E-state index in [9.17, 15) is 4.79 Å². The van der Waals surface area contributed by atoms with Gasteiger partial charge >= 0.3 is 0 Å². The highest BCUT2D eigenvalue weighted by Crippen LogP contribution is 2.28. The van der Waals surface area contributed by atoms with Gasteiger partial charge in [0.05, 0.1) is 0 Å². The minimum absolute atomic E-state index is 0.300. The van der Waals surface area contributed by atoms with Crippen molar-refractivity contribution in [1.82, 2.24) is 4.90 Å². The van der Waals surface area contributed by atoms with Crippen LogP contribution in [0.4, 0.5) is 0 Å². The Morgan fingerprint density at radius 3 is 2.31 bits per heavy atom. The summed E-state index contributed by atoms with van der Waals surface area (Å²) < 4.78 is 5.54. The summed E-state index contributed by atoms with van der Waals surface area (Å²) in [6, 6.07) is 0. The predicted octanol–water partition coefficient (Wildman–Crippen LogP) is 2.25. The number of carbonyl (C=O) groups is 1. The van der Waals surface area contributed by atoms with Crippen LogP contribution in [0, 0.1) is 0 Å². The lowest BCUT2D eigenvalue weighted by molar-refractivity contribution is -0.147. The third kappa shape index (κ3) is 3.05. The molecule has 1 aliphatic heterocycles. The molecule has 1 saturated heterocycles. The Morgan fingerprint density at radius 1 is 1.25 bits per heavy atom. The molecule has 94 valence electrons. The molecular formula is C13H25NO2. The van der Waals surface area contributed by atoms with Crippen molar-refractivity contribution in [1.29, 1.82) is 0 Å². The normalized spacial score (nSPS) is 20.9. The van der Waals surface area contributed by atoms with Crippen molar-refractivity contribution in [3.8, 4) is 0 Å². The van der Waals surface area contributed by atoms with Gasteiger partial charge in [-0.15, -0.1) is 0 Å². The Labute approximate surface area is 99.1 Å². The number of methoxy groups -OCH3 is 1. The molecule has 16 heavy (non-hydrogen) atoms. The first-order valence-corrected chi connectivity index (χ1v) is 6.49. The molecule has 0 bridgehead atoms. The third-order valence-electron chi connectivity index (χ3n) is 3.58. The van der Waals surface area contributed by atoms with Crippen molar-refractivity contribution in [2.24, 2.45) is 0 Å². The fraction of sp³-hybridized carbons (Fsp3) is 0.923. The number of piperidine rings is 1. The van der Waals surface area contributed by atoms with Crippen LogP contribution < -0.4 is 0 Å². The topological polar surface area (TPSA) is 29.5 Å². The van der Waals surface area contributed by atoms with Crippen LogP contribution >= 0.6 is 0 Å². The molecule has 0 amide bonds. The molecule has 0 aromatic heterocycles. The minimum atomic E-state index is -0.472. The van der Waals surface area contributed by atoms with Gasteiger partial charge in [0.15, 0.2) is 5.78 Å². The number of ether oxygens (including phenoxy) is 1. The molecule has 0 unspecified atom stereocenters. The SMILES string of the molecule is CCCC(=O)C1(OC)CCN(CCC)CC1. The second kappa shape index (κ2) is 6.36. The lowest BCUT2D eigenvalue weighted by Gasteiger charge is -2.39. The van der Waals surface area contributed by atoms with Crippen molar-refractivity contribution >= 4 is 5.78 Å². The average Bonchev–Trinajstić information content (AvgIpc) is 2.31. The molecule has 1 rings (SSSR count). The van der Waals surface area contributed by atoms with Gasteiger partial charge in [0.1, 0.15) is 5.60 Å². The van der Waals surface area contributed by atoms with Crippen molar-refractivity contribution in [3.63, 3.8) is 0 Å². The number of ketones is 1. The molecule has 1 heterocycles. The number of hydrogen-bond donors (Lipinski definition) is 0. The smallest absolute Gasteiger partial charge is 0.164 e. The highest BCUT2D eigenvalue weighted by molar-refractivity contribution is 5.87. The van der Waals surface area contributed by atoms with Gasteiger partial charge in [0, 0.05) is 26.6 Å². The molecule has 0 aromatic carbocycles. The van der Waals surface area contributed by atoms with E-state index in [-0.39, 0.29) is 0 Å². The van der Waals surface area contributed by atoms with E-state index < -0.39 is 5.60 Å². The van der Waals surface area contributed by atoms with E-state index in [2.05, 4.69) is 11.8 Å². The van der Waals surface area contributed by atoms with Crippen molar-refractivity contribution in [2.75, 3.05) is 26.7 Å². The molecule has 3 heteroatoms. The van der Waals surface area contributed by atoms with Gasteiger partial charge in [0.25, 0.3) is 0 Å². The van der Waals surface area contributed by atoms with Crippen LogP contribution in [0.15, 0.2) is 0 Å². The zero-order valence-corrected chi connectivity index (χ0v) is 10.9. The maximum Gasteiger partial charge on any atom is 0.164 e. The Hall–Kier alpha value is -0.410. The highest BCUT2D eigenvalue weighted by atomic mass is 16.5. The fourth-order valence-electron chi connectivity index (χ4n) is 2.51. The van der Waals surface area contributed by atoms with Crippen LogP contribution in [0.2, 0.25) is 0 Å². The Kier molecular flexibility index (Phi) is 5.42. The number of likely N-dealkylation sites (tertiary alicyclic amines) is 1. The summed E-state index contributed by atoms with van der Waals surface area (Å²) in [7, 11) is 1.68. The average molecular weight is 227 g/mol. The Morgan fingerprint density at radius 2 is 1.88 bits per heavy atom. The molecule has 0 atom stereocenters. The maximum atomic E-state index is 12.1. The third-order valence-corrected chi connectivity index (χ3v) is 3.58. The second-order valence-corrected chi connectivity index (χ2v) is 4.71. The molecule has 0 aliphatic carbocycles. The van der Waals surface area contributed by atoms with E-state index in [4.69, 9.17) is 4.74 Å². The Bertz CT molecular complexity index is 220. The monoisotopic (exact) mass is 227 g/mol. The summed E-state index contributed by atoms with van der Waals surface area (Å²) in [6.07, 6.45) is 4.48. The fourth-order valence-corrected chi connectivity index (χ4v) is 2.51. The van der Waals surface area contributed by atoms with E-state index in [1.165, 1.54) is 6.42 Å². The first kappa shape index (κ1) is 13.7. The largest absolute Gasteiger partial charge is 0.370 e. The van der Waals surface area contributed by atoms with Crippen LogP contribution in [0.3, 0.4) is 0 Å². The quantitative estimate of drug-likeness (QED) is 0.697. The first-order valence-electron chi connectivity index (χ1n) is 6.49. The van der Waals surface area contributed by atoms with Crippen LogP contribution in [-0.2, 0) is 9.53 Å². The molecule has 0 N–H and O–H groups in total. The van der Waals surface area contributed by atoms with E-state index in [0.717, 1.165) is 38.9 Å². The first-order chi connectivity index (χ1) is 7.68. The number of Topliss-reactive ketones (excluding diaryl/α,β-unsaturated/α-hetero) is 1. The van der Waals surface area contributed by atoms with E-state index in [1.807, 2.05) is 6.92 Å². The summed E-state index contributed by atoms with van der Waals surface area (Å²) >= 11 is 0. The zero-order valence-electron chi connectivity index (χ0n) is 10.9. The molecule has 1 aliphatic rings. The van der Waals surface area contributed by atoms with Crippen LogP contribution in [0.5, 0.6) is 0 Å². The van der Waals surface area contributed by atoms with Gasteiger partial charge in [-0.3, -0.25) is 4.79 Å². The molecule has 0 spiro atoms. The summed E-state index contributed by atoms with van der Waals surface area (Å²) in [4.78, 5) is 14.5. The molecular weight excluding hydrogens is 202 g/mol. The van der Waals surface area contributed by atoms with Gasteiger partial charge < -0.3 is 9.64 Å². The van der Waals surface area contributed by atoms with Crippen LogP contribution in [-0.4, -0.2) is 43.0 Å². The van der Waals surface area contributed by atoms with Crippen molar-refractivity contribution in [2.45, 2.75) is 51.6 Å². The summed E-state index contributed by atoms with van der Waals surface area (Å²) in [5, 5.41) is 0. The van der Waals surface area contributed by atoms with E-state index >= 15 is 0 Å². The lowest BCUT2D eigenvalue weighted by Crippen LogP contribution is -2.50. The Balaban J connectivity index is 2.54. The van der Waals surface area contributed by atoms with Gasteiger partial charge in [-0.2, -0.15) is 0 Å².